The largest absolute Gasteiger partial charge is 0.494 e. The summed E-state index contributed by atoms with van der Waals surface area (Å²) in [6, 6.07) is 8.39. The third-order valence-corrected chi connectivity index (χ3v) is 3.34. The van der Waals surface area contributed by atoms with E-state index in [1.165, 1.54) is 13.2 Å². The molecule has 0 aliphatic carbocycles. The van der Waals surface area contributed by atoms with Gasteiger partial charge in [-0.25, -0.2) is 4.39 Å². The van der Waals surface area contributed by atoms with Crippen LogP contribution >= 0.6 is 11.3 Å². The van der Waals surface area contributed by atoms with Crippen molar-refractivity contribution >= 4 is 11.3 Å². The molecular weight excluding hydrogens is 225 g/mol. The maximum atomic E-state index is 13.5. The molecule has 1 aromatic heterocycles. The Morgan fingerprint density at radius 2 is 2.19 bits per heavy atom. The molecule has 1 aromatic carbocycles. The zero-order valence-electron chi connectivity index (χ0n) is 8.81. The lowest BCUT2D eigenvalue weighted by atomic mass is 10.1. The second-order valence-electron chi connectivity index (χ2n) is 3.39. The van der Waals surface area contributed by atoms with E-state index < -0.39 is 0 Å². The number of nitrogens with two attached hydrogens (primary N) is 1. The first kappa shape index (κ1) is 11.1. The van der Waals surface area contributed by atoms with Gasteiger partial charge >= 0.3 is 0 Å². The van der Waals surface area contributed by atoms with E-state index in [0.29, 0.717) is 0 Å². The van der Waals surface area contributed by atoms with Crippen molar-refractivity contribution in [1.82, 2.24) is 0 Å². The summed E-state index contributed by atoms with van der Waals surface area (Å²) in [6.45, 7) is 0. The van der Waals surface area contributed by atoms with E-state index in [0.717, 1.165) is 10.4 Å². The van der Waals surface area contributed by atoms with Gasteiger partial charge in [0.1, 0.15) is 0 Å². The van der Waals surface area contributed by atoms with Crippen molar-refractivity contribution in [2.75, 3.05) is 7.11 Å². The number of benzene rings is 1. The first-order valence-corrected chi connectivity index (χ1v) is 5.72. The minimum absolute atomic E-state index is 0.238. The van der Waals surface area contributed by atoms with Gasteiger partial charge in [-0.3, -0.25) is 0 Å². The maximum absolute atomic E-state index is 13.5. The fourth-order valence-corrected chi connectivity index (χ4v) is 2.26. The van der Waals surface area contributed by atoms with E-state index >= 15 is 0 Å². The predicted molar refractivity (Wildman–Crippen MR) is 63.3 cm³/mol. The minimum Gasteiger partial charge on any atom is -0.494 e. The number of thiophene rings is 1. The van der Waals surface area contributed by atoms with Gasteiger partial charge < -0.3 is 10.5 Å². The quantitative estimate of drug-likeness (QED) is 0.890. The van der Waals surface area contributed by atoms with Gasteiger partial charge in [-0.05, 0) is 29.1 Å². The van der Waals surface area contributed by atoms with Gasteiger partial charge in [0.2, 0.25) is 0 Å². The molecule has 2 aromatic rings. The van der Waals surface area contributed by atoms with Gasteiger partial charge in [-0.1, -0.05) is 12.1 Å². The molecule has 2 rings (SSSR count). The average Bonchev–Trinajstić information content (AvgIpc) is 2.81. The lowest BCUT2D eigenvalue weighted by Crippen LogP contribution is -2.10. The zero-order valence-corrected chi connectivity index (χ0v) is 9.63. The highest BCUT2D eigenvalue weighted by molar-refractivity contribution is 7.10. The number of rotatable bonds is 3. The number of ether oxygens (including phenoxy) is 1. The van der Waals surface area contributed by atoms with Crippen LogP contribution in [0.15, 0.2) is 35.7 Å². The van der Waals surface area contributed by atoms with Gasteiger partial charge in [0.25, 0.3) is 0 Å². The average molecular weight is 237 g/mol. The van der Waals surface area contributed by atoms with Crippen LogP contribution in [0.2, 0.25) is 0 Å². The molecule has 1 atom stereocenters. The number of methoxy groups -OCH3 is 1. The smallest absolute Gasteiger partial charge is 0.165 e. The number of hydrogen-bond donors (Lipinski definition) is 1. The van der Waals surface area contributed by atoms with Crippen LogP contribution in [-0.2, 0) is 0 Å². The van der Waals surface area contributed by atoms with Crippen LogP contribution in [0, 0.1) is 5.82 Å². The molecule has 84 valence electrons. The summed E-state index contributed by atoms with van der Waals surface area (Å²) in [6.07, 6.45) is 0. The molecule has 2 nitrogen and oxygen atoms in total. The van der Waals surface area contributed by atoms with Gasteiger partial charge in [0.15, 0.2) is 11.6 Å². The molecule has 0 aliphatic rings. The summed E-state index contributed by atoms with van der Waals surface area (Å²) in [5.41, 5.74) is 6.77. The Labute approximate surface area is 97.5 Å². The molecule has 1 heterocycles. The molecule has 0 aliphatic heterocycles. The Morgan fingerprint density at radius 1 is 1.38 bits per heavy atom. The first-order chi connectivity index (χ1) is 7.72. The Hall–Kier alpha value is -1.39. The fourth-order valence-electron chi connectivity index (χ4n) is 1.51. The van der Waals surface area contributed by atoms with E-state index in [1.807, 2.05) is 17.5 Å². The summed E-state index contributed by atoms with van der Waals surface area (Å²) in [5, 5.41) is 1.95. The molecular formula is C12H12FNOS. The Kier molecular flexibility index (Phi) is 3.22. The molecule has 0 bridgehead atoms. The fraction of sp³-hybridized carbons (Fsp3) is 0.167. The maximum Gasteiger partial charge on any atom is 0.165 e. The second kappa shape index (κ2) is 4.63. The first-order valence-electron chi connectivity index (χ1n) is 4.85. The highest BCUT2D eigenvalue weighted by atomic mass is 32.1. The Morgan fingerprint density at radius 3 is 2.75 bits per heavy atom. The summed E-state index contributed by atoms with van der Waals surface area (Å²) in [7, 11) is 1.44. The molecule has 0 amide bonds. The topological polar surface area (TPSA) is 35.2 Å². The summed E-state index contributed by atoms with van der Waals surface area (Å²) >= 11 is 1.56. The van der Waals surface area contributed by atoms with Crippen molar-refractivity contribution in [3.63, 3.8) is 0 Å². The lowest BCUT2D eigenvalue weighted by Gasteiger charge is -2.11. The standard InChI is InChI=1S/C12H12FNOS/c1-15-10-5-4-8(7-9(10)13)12(14)11-3-2-6-16-11/h2-7,12H,14H2,1H3. The van der Waals surface area contributed by atoms with Gasteiger partial charge in [0, 0.05) is 4.88 Å². The Bertz CT molecular complexity index is 470. The van der Waals surface area contributed by atoms with Crippen LogP contribution in [0.3, 0.4) is 0 Å². The molecule has 1 unspecified atom stereocenters. The zero-order chi connectivity index (χ0) is 11.5. The van der Waals surface area contributed by atoms with Gasteiger partial charge in [0.05, 0.1) is 13.2 Å². The van der Waals surface area contributed by atoms with Crippen molar-refractivity contribution < 1.29 is 9.13 Å². The van der Waals surface area contributed by atoms with E-state index in [4.69, 9.17) is 10.5 Å². The molecule has 2 N–H and O–H groups in total. The molecule has 0 fully saturated rings. The van der Waals surface area contributed by atoms with E-state index in [1.54, 1.807) is 23.5 Å². The SMILES string of the molecule is COc1ccc(C(N)c2cccs2)cc1F. The van der Waals surface area contributed by atoms with E-state index in [2.05, 4.69) is 0 Å². The predicted octanol–water partition coefficient (Wildman–Crippen LogP) is 2.94. The van der Waals surface area contributed by atoms with Gasteiger partial charge in [-0.15, -0.1) is 11.3 Å². The second-order valence-corrected chi connectivity index (χ2v) is 4.37. The normalized spacial score (nSPS) is 12.4. The van der Waals surface area contributed by atoms with Crippen molar-refractivity contribution in [3.8, 4) is 5.75 Å². The van der Waals surface area contributed by atoms with Gasteiger partial charge in [-0.2, -0.15) is 0 Å². The summed E-state index contributed by atoms with van der Waals surface area (Å²) < 4.78 is 18.3. The van der Waals surface area contributed by atoms with Crippen molar-refractivity contribution in [3.05, 3.63) is 52.0 Å². The van der Waals surface area contributed by atoms with Crippen LogP contribution in [-0.4, -0.2) is 7.11 Å². The van der Waals surface area contributed by atoms with Crippen molar-refractivity contribution in [2.45, 2.75) is 6.04 Å². The third kappa shape index (κ3) is 2.08. The monoisotopic (exact) mass is 237 g/mol. The van der Waals surface area contributed by atoms with E-state index in [-0.39, 0.29) is 17.6 Å². The number of hydrogen-bond acceptors (Lipinski definition) is 3. The van der Waals surface area contributed by atoms with Crippen LogP contribution in [0.5, 0.6) is 5.75 Å². The molecule has 0 saturated heterocycles. The van der Waals surface area contributed by atoms with Crippen molar-refractivity contribution in [2.24, 2.45) is 5.73 Å². The molecule has 16 heavy (non-hydrogen) atoms. The molecule has 0 spiro atoms. The summed E-state index contributed by atoms with van der Waals surface area (Å²) in [5.74, 6) is -0.144. The van der Waals surface area contributed by atoms with Crippen LogP contribution in [0.25, 0.3) is 0 Å². The third-order valence-electron chi connectivity index (χ3n) is 2.38. The number of halogens is 1. The highest BCUT2D eigenvalue weighted by Gasteiger charge is 2.12. The minimum atomic E-state index is -0.382. The Balaban J connectivity index is 2.31. The summed E-state index contributed by atoms with van der Waals surface area (Å²) in [4.78, 5) is 1.02. The molecule has 0 radical (unpaired) electrons. The molecule has 0 saturated carbocycles. The lowest BCUT2D eigenvalue weighted by molar-refractivity contribution is 0.386. The van der Waals surface area contributed by atoms with E-state index in [9.17, 15) is 4.39 Å². The van der Waals surface area contributed by atoms with Crippen LogP contribution in [0.1, 0.15) is 16.5 Å². The molecule has 4 heteroatoms. The van der Waals surface area contributed by atoms with Crippen LogP contribution < -0.4 is 10.5 Å². The van der Waals surface area contributed by atoms with Crippen LogP contribution in [0.4, 0.5) is 4.39 Å². The van der Waals surface area contributed by atoms with Crippen molar-refractivity contribution in [1.29, 1.82) is 0 Å². The highest BCUT2D eigenvalue weighted by Crippen LogP contribution is 2.26.